The number of hydrogen-bond acceptors (Lipinski definition) is 1. The summed E-state index contributed by atoms with van der Waals surface area (Å²) < 4.78 is 10.2. The molecule has 2 nitrogen and oxygen atoms in total. The van der Waals surface area contributed by atoms with E-state index in [2.05, 4.69) is 79.2 Å². The Morgan fingerprint density at radius 3 is 2.29 bits per heavy atom. The summed E-state index contributed by atoms with van der Waals surface area (Å²) in [6, 6.07) is 25.2. The Kier molecular flexibility index (Phi) is 11.4. The lowest BCUT2D eigenvalue weighted by Crippen LogP contribution is -1.93. The highest BCUT2D eigenvalue weighted by Gasteiger charge is 2.12. The second-order valence-electron chi connectivity index (χ2n) is 8.08. The van der Waals surface area contributed by atoms with Gasteiger partial charge in [0.1, 0.15) is 0 Å². The van der Waals surface area contributed by atoms with Crippen molar-refractivity contribution in [3.05, 3.63) is 107 Å². The molecule has 3 rings (SSSR count). The molecule has 0 aliphatic carbocycles. The van der Waals surface area contributed by atoms with Crippen LogP contribution in [0.5, 0.6) is 0 Å². The van der Waals surface area contributed by atoms with E-state index in [1.807, 2.05) is 31.2 Å². The summed E-state index contributed by atoms with van der Waals surface area (Å²) in [6.45, 7) is 9.71. The van der Waals surface area contributed by atoms with Crippen molar-refractivity contribution < 1.29 is 4.32 Å². The minimum absolute atomic E-state index is 0.357. The van der Waals surface area contributed by atoms with Crippen molar-refractivity contribution in [3.63, 3.8) is 0 Å². The number of H-pyrrole nitrogens is 1. The van der Waals surface area contributed by atoms with E-state index in [0.29, 0.717) is 14.0 Å². The van der Waals surface area contributed by atoms with Gasteiger partial charge >= 0.3 is 7.56 Å². The third-order valence-corrected chi connectivity index (χ3v) is 5.21. The highest BCUT2D eigenvalue weighted by atomic mass is 19.1. The number of rotatable bonds is 9. The molecule has 1 aromatic heterocycles. The standard InChI is InChI=1S/C29H30N2.CH3BF/c1-4-5-12-25(27(19-22(2)3)23-13-8-6-9-14-23)20-26-21-28(29(31-26)17-18-30)24-15-10-7-11-16-24;1-2-3/h6-11,13-16,19-21,31H,2,4-5,12,17H2,1,3H3;1H3/b25-20+,27-19-;. The van der Waals surface area contributed by atoms with Gasteiger partial charge in [-0.05, 0) is 54.2 Å². The number of aromatic nitrogens is 1. The summed E-state index contributed by atoms with van der Waals surface area (Å²) >= 11 is 0. The average molecular weight is 451 g/mol. The van der Waals surface area contributed by atoms with E-state index in [0.717, 1.165) is 47.4 Å². The number of nitrogens with zero attached hydrogens (tertiary/aromatic N) is 1. The van der Waals surface area contributed by atoms with Crippen molar-refractivity contribution in [2.45, 2.75) is 46.4 Å². The van der Waals surface area contributed by atoms with Crippen molar-refractivity contribution >= 4 is 19.2 Å². The first-order valence-corrected chi connectivity index (χ1v) is 11.7. The predicted molar refractivity (Wildman–Crippen MR) is 145 cm³/mol. The quantitative estimate of drug-likeness (QED) is 0.257. The molecular weight excluding hydrogens is 418 g/mol. The maximum Gasteiger partial charge on any atom is 0.351 e. The SMILES string of the molecule is C=C(C)/C=C(\C(=C\c1cc(-c2ccccc2)c(CC#N)[nH]1)CCCC)c1ccccc1.C[B]F. The van der Waals surface area contributed by atoms with Crippen LogP contribution in [0.15, 0.2) is 90.5 Å². The molecule has 0 unspecified atom stereocenters. The lowest BCUT2D eigenvalue weighted by atomic mass is 9.91. The Morgan fingerprint density at radius 1 is 1.12 bits per heavy atom. The summed E-state index contributed by atoms with van der Waals surface area (Å²) in [5, 5.41) is 9.33. The van der Waals surface area contributed by atoms with Crippen molar-refractivity contribution in [1.82, 2.24) is 4.98 Å². The lowest BCUT2D eigenvalue weighted by molar-refractivity contribution is 0.802. The van der Waals surface area contributed by atoms with Gasteiger partial charge < -0.3 is 9.30 Å². The lowest BCUT2D eigenvalue weighted by Gasteiger charge is -2.13. The van der Waals surface area contributed by atoms with Crippen LogP contribution in [0.1, 0.15) is 50.1 Å². The molecule has 3 aromatic rings. The molecule has 0 spiro atoms. The highest BCUT2D eigenvalue weighted by molar-refractivity contribution is 6.23. The molecule has 34 heavy (non-hydrogen) atoms. The molecule has 2 aromatic carbocycles. The van der Waals surface area contributed by atoms with Crippen LogP contribution < -0.4 is 0 Å². The molecule has 0 saturated heterocycles. The highest BCUT2D eigenvalue weighted by Crippen LogP contribution is 2.32. The first-order valence-electron chi connectivity index (χ1n) is 11.7. The first-order chi connectivity index (χ1) is 16.5. The minimum atomic E-state index is 0.357. The number of unbranched alkanes of at least 4 members (excludes halogenated alkanes) is 1. The molecule has 0 aliphatic rings. The summed E-state index contributed by atoms with van der Waals surface area (Å²) in [5.41, 5.74) is 8.91. The van der Waals surface area contributed by atoms with Crippen molar-refractivity contribution in [3.8, 4) is 17.2 Å². The van der Waals surface area contributed by atoms with Crippen LogP contribution in [0.3, 0.4) is 0 Å². The number of halogens is 1. The van der Waals surface area contributed by atoms with Gasteiger partial charge in [-0.1, -0.05) is 99.1 Å². The maximum atomic E-state index is 10.2. The molecular formula is C30H33BFN2. The summed E-state index contributed by atoms with van der Waals surface area (Å²) in [5.74, 6) is 0. The maximum absolute atomic E-state index is 10.2. The van der Waals surface area contributed by atoms with Crippen LogP contribution in [0.25, 0.3) is 22.8 Å². The van der Waals surface area contributed by atoms with Crippen LogP contribution in [0.4, 0.5) is 4.32 Å². The fraction of sp³-hybridized carbons (Fsp3) is 0.233. The zero-order valence-electron chi connectivity index (χ0n) is 20.4. The second kappa shape index (κ2) is 14.5. The van der Waals surface area contributed by atoms with Crippen LogP contribution in [-0.2, 0) is 6.42 Å². The average Bonchev–Trinajstić information content (AvgIpc) is 3.24. The van der Waals surface area contributed by atoms with E-state index >= 15 is 0 Å². The predicted octanol–water partition coefficient (Wildman–Crippen LogP) is 8.60. The molecule has 173 valence electrons. The third-order valence-electron chi connectivity index (χ3n) is 5.21. The molecule has 0 bridgehead atoms. The molecule has 0 saturated carbocycles. The fourth-order valence-corrected chi connectivity index (χ4v) is 3.76. The third kappa shape index (κ3) is 8.08. The number of nitriles is 1. The molecule has 1 heterocycles. The topological polar surface area (TPSA) is 39.6 Å². The normalized spacial score (nSPS) is 11.3. The summed E-state index contributed by atoms with van der Waals surface area (Å²) in [7, 11) is 0.500. The molecule has 0 fully saturated rings. The van der Waals surface area contributed by atoms with Crippen molar-refractivity contribution in [1.29, 1.82) is 5.26 Å². The zero-order valence-corrected chi connectivity index (χ0v) is 20.4. The number of aromatic amines is 1. The Hall–Kier alpha value is -3.58. The Labute approximate surface area is 204 Å². The van der Waals surface area contributed by atoms with Crippen molar-refractivity contribution in [2.75, 3.05) is 0 Å². The van der Waals surface area contributed by atoms with Gasteiger partial charge in [-0.3, -0.25) is 0 Å². The van der Waals surface area contributed by atoms with E-state index in [1.165, 1.54) is 23.5 Å². The Morgan fingerprint density at radius 2 is 1.74 bits per heavy atom. The molecule has 4 heteroatoms. The van der Waals surface area contributed by atoms with Crippen LogP contribution in [-0.4, -0.2) is 12.5 Å². The second-order valence-corrected chi connectivity index (χ2v) is 8.08. The number of benzene rings is 2. The number of allylic oxidation sites excluding steroid dienone is 4. The van der Waals surface area contributed by atoms with Gasteiger partial charge in [0.15, 0.2) is 0 Å². The first kappa shape index (κ1) is 26.7. The molecule has 0 aliphatic heterocycles. The van der Waals surface area contributed by atoms with E-state index in [9.17, 15) is 9.58 Å². The molecule has 0 amide bonds. The Balaban J connectivity index is 0.00000129. The smallest absolute Gasteiger partial charge is 0.351 e. The van der Waals surface area contributed by atoms with Crippen molar-refractivity contribution in [2.24, 2.45) is 0 Å². The van der Waals surface area contributed by atoms with Crippen LogP contribution >= 0.6 is 0 Å². The summed E-state index contributed by atoms with van der Waals surface area (Å²) in [6.07, 6.45) is 8.00. The van der Waals surface area contributed by atoms with E-state index < -0.39 is 0 Å². The zero-order chi connectivity index (χ0) is 24.8. The largest absolute Gasteiger partial charge is 0.358 e. The van der Waals surface area contributed by atoms with E-state index in [-0.39, 0.29) is 0 Å². The summed E-state index contributed by atoms with van der Waals surface area (Å²) in [4.78, 5) is 3.50. The monoisotopic (exact) mass is 451 g/mol. The van der Waals surface area contributed by atoms with E-state index in [1.54, 1.807) is 0 Å². The minimum Gasteiger partial charge on any atom is -0.358 e. The van der Waals surface area contributed by atoms with E-state index in [4.69, 9.17) is 0 Å². The van der Waals surface area contributed by atoms with Gasteiger partial charge in [0, 0.05) is 17.0 Å². The number of hydrogen-bond donors (Lipinski definition) is 1. The molecule has 0 atom stereocenters. The number of nitrogens with one attached hydrogen (secondary N) is 1. The van der Waals surface area contributed by atoms with Gasteiger partial charge in [0.05, 0.1) is 12.5 Å². The Bertz CT molecular complexity index is 1140. The van der Waals surface area contributed by atoms with Gasteiger partial charge in [-0.2, -0.15) is 5.26 Å². The molecule has 1 radical (unpaired) electrons. The van der Waals surface area contributed by atoms with Gasteiger partial charge in [-0.15, -0.1) is 0 Å². The van der Waals surface area contributed by atoms with Crippen LogP contribution in [0, 0.1) is 11.3 Å². The fourth-order valence-electron chi connectivity index (χ4n) is 3.76. The van der Waals surface area contributed by atoms with Crippen LogP contribution in [0.2, 0.25) is 6.82 Å². The molecule has 1 N–H and O–H groups in total. The van der Waals surface area contributed by atoms with Gasteiger partial charge in [0.2, 0.25) is 0 Å². The van der Waals surface area contributed by atoms with Gasteiger partial charge in [-0.25, -0.2) is 0 Å². The van der Waals surface area contributed by atoms with Gasteiger partial charge in [0.25, 0.3) is 0 Å².